The van der Waals surface area contributed by atoms with Gasteiger partial charge in [0.1, 0.15) is 11.4 Å². The fourth-order valence-electron chi connectivity index (χ4n) is 19.6. The maximum Gasteiger partial charge on any atom is 0.182 e. The maximum atomic E-state index is 5.20. The minimum Gasteiger partial charge on any atom is -0.255 e. The van der Waals surface area contributed by atoms with Crippen molar-refractivity contribution in [1.82, 2.24) is 84.7 Å². The van der Waals surface area contributed by atoms with Crippen molar-refractivity contribution >= 4 is 140 Å². The molecule has 0 saturated carbocycles. The smallest absolute Gasteiger partial charge is 0.182 e. The second-order valence-corrected chi connectivity index (χ2v) is 34.9. The zero-order chi connectivity index (χ0) is 93.9. The van der Waals surface area contributed by atoms with Crippen LogP contribution in [0.1, 0.15) is 0 Å². The Balaban J connectivity index is 0.000000110. The molecule has 11 heterocycles. The van der Waals surface area contributed by atoms with Crippen molar-refractivity contribution in [1.29, 1.82) is 0 Å². The predicted molar refractivity (Wildman–Crippen MR) is 575 cm³/mol. The van der Waals surface area contributed by atoms with Crippen LogP contribution < -0.4 is 0 Å². The molecule has 28 rings (SSSR count). The Hall–Kier alpha value is -19.7. The van der Waals surface area contributed by atoms with E-state index >= 15 is 0 Å². The second-order valence-electron chi connectivity index (χ2n) is 34.9. The van der Waals surface area contributed by atoms with E-state index in [0.29, 0.717) is 63.8 Å². The number of nitrogens with zero attached hydrogens (tertiary/aromatic N) is 17. The number of hydrogen-bond acceptors (Lipinski definition) is 17. The number of pyridine rings is 8. The molecule has 0 amide bonds. The first-order valence-electron chi connectivity index (χ1n) is 46.9. The van der Waals surface area contributed by atoms with E-state index < -0.39 is 0 Å². The average Bonchev–Trinajstić information content (AvgIpc) is 0.743. The van der Waals surface area contributed by atoms with Gasteiger partial charge >= 0.3 is 0 Å². The van der Waals surface area contributed by atoms with E-state index in [4.69, 9.17) is 74.8 Å². The molecule has 660 valence electrons. The normalized spacial score (nSPS) is 11.5. The van der Waals surface area contributed by atoms with Crippen molar-refractivity contribution in [3.8, 4) is 137 Å². The molecule has 0 aliphatic carbocycles. The molecule has 17 heteroatoms. The fourth-order valence-corrected chi connectivity index (χ4v) is 19.6. The first kappa shape index (κ1) is 83.0. The molecule has 0 bridgehead atoms. The minimum atomic E-state index is 0.473. The van der Waals surface area contributed by atoms with Crippen molar-refractivity contribution in [2.75, 3.05) is 0 Å². The zero-order valence-electron chi connectivity index (χ0n) is 75.9. The highest BCUT2D eigenvalue weighted by Crippen LogP contribution is 2.44. The third kappa shape index (κ3) is 15.4. The van der Waals surface area contributed by atoms with Crippen LogP contribution in [-0.2, 0) is 0 Å². The maximum absolute atomic E-state index is 5.20. The summed E-state index contributed by atoms with van der Waals surface area (Å²) in [6.45, 7) is 0. The van der Waals surface area contributed by atoms with Gasteiger partial charge in [-0.1, -0.05) is 334 Å². The lowest BCUT2D eigenvalue weighted by atomic mass is 9.96. The molecule has 0 spiro atoms. The molecular weight excluding hydrogens is 1740 g/mol. The average molecular weight is 1820 g/mol. The van der Waals surface area contributed by atoms with E-state index in [1.165, 1.54) is 53.9 Å². The summed E-state index contributed by atoms with van der Waals surface area (Å²) in [5.74, 6) is 5.07. The van der Waals surface area contributed by atoms with E-state index in [-0.39, 0.29) is 0 Å². The number of benzene rings is 17. The molecule has 0 fully saturated rings. The van der Waals surface area contributed by atoms with E-state index in [2.05, 4.69) is 350 Å². The first-order chi connectivity index (χ1) is 70.3. The van der Waals surface area contributed by atoms with E-state index in [9.17, 15) is 0 Å². The predicted octanol–water partition coefficient (Wildman–Crippen LogP) is 29.8. The molecular formula is C125H75N17. The summed E-state index contributed by atoms with van der Waals surface area (Å²) >= 11 is 0. The van der Waals surface area contributed by atoms with Crippen LogP contribution in [0.5, 0.6) is 0 Å². The quantitative estimate of drug-likeness (QED) is 0.104. The van der Waals surface area contributed by atoms with Crippen LogP contribution >= 0.6 is 0 Å². The van der Waals surface area contributed by atoms with Gasteiger partial charge in [-0.15, -0.1) is 0 Å². The number of rotatable bonds is 12. The molecule has 17 aromatic carbocycles. The van der Waals surface area contributed by atoms with Crippen LogP contribution in [0.4, 0.5) is 0 Å². The van der Waals surface area contributed by atoms with Crippen LogP contribution in [0, 0.1) is 0 Å². The highest BCUT2D eigenvalue weighted by molar-refractivity contribution is 6.25. The molecule has 0 N–H and O–H groups in total. The fraction of sp³-hybridized carbons (Fsp3) is 0. The summed E-state index contributed by atoms with van der Waals surface area (Å²) < 4.78 is 0. The SMILES string of the molecule is c1ccc(-c2nc(-c3ccnc(-c4nc5ccccc5c5c4ccc4ccccc45)c3)nc(-c3ccccn3)n2)nc1.c1ccc2c(-c3nc(-c4ccnc(-c5nc6ccccc6c6c5ccc5ccccc56)c4)nc(-c4cccc5ccccc45)n3)cccc2c1.c1ccc2cc(-c3nc(-c4ccnc(-c5nc6ccccc6c6c5ccc5ccccc56)c4)nc(-c4ccc5ccccc5c4)n3)ccc2c1. The van der Waals surface area contributed by atoms with Gasteiger partial charge in [-0.05, 0) is 166 Å². The highest BCUT2D eigenvalue weighted by Gasteiger charge is 2.25. The number of hydrogen-bond donors (Lipinski definition) is 0. The van der Waals surface area contributed by atoms with Crippen molar-refractivity contribution in [2.45, 2.75) is 0 Å². The third-order valence-corrected chi connectivity index (χ3v) is 26.3. The van der Waals surface area contributed by atoms with Gasteiger partial charge in [0.2, 0.25) is 0 Å². The van der Waals surface area contributed by atoms with Gasteiger partial charge < -0.3 is 0 Å². The summed E-state index contributed by atoms with van der Waals surface area (Å²) in [6, 6.07) is 145. The van der Waals surface area contributed by atoms with E-state index in [0.717, 1.165) is 160 Å². The number of aromatic nitrogens is 17. The molecule has 0 atom stereocenters. The Bertz CT molecular complexity index is 9630. The Labute approximate surface area is 812 Å². The largest absolute Gasteiger partial charge is 0.255 e. The van der Waals surface area contributed by atoms with Gasteiger partial charge in [0.25, 0.3) is 0 Å². The monoisotopic (exact) mass is 1810 g/mol. The topological polar surface area (TPSA) is 219 Å². The van der Waals surface area contributed by atoms with E-state index in [1.54, 1.807) is 18.6 Å². The first-order valence-corrected chi connectivity index (χ1v) is 46.9. The van der Waals surface area contributed by atoms with Crippen molar-refractivity contribution in [3.63, 3.8) is 0 Å². The van der Waals surface area contributed by atoms with Crippen LogP contribution in [0.25, 0.3) is 277 Å². The Kier molecular flexibility index (Phi) is 20.8. The van der Waals surface area contributed by atoms with Crippen LogP contribution in [0.3, 0.4) is 0 Å². The van der Waals surface area contributed by atoms with Gasteiger partial charge in [0.15, 0.2) is 52.4 Å². The summed E-state index contributed by atoms with van der Waals surface area (Å²) in [6.07, 6.45) is 8.88. The summed E-state index contributed by atoms with van der Waals surface area (Å²) in [5, 5.41) is 26.2. The number of fused-ring (bicyclic) bond motifs is 19. The molecule has 142 heavy (non-hydrogen) atoms. The van der Waals surface area contributed by atoms with Gasteiger partial charge in [-0.2, -0.15) is 0 Å². The van der Waals surface area contributed by atoms with Crippen LogP contribution in [-0.4, -0.2) is 84.7 Å². The van der Waals surface area contributed by atoms with Gasteiger partial charge in [-0.3, -0.25) is 24.9 Å². The molecule has 0 aliphatic heterocycles. The van der Waals surface area contributed by atoms with Crippen molar-refractivity contribution < 1.29 is 0 Å². The molecule has 0 unspecified atom stereocenters. The van der Waals surface area contributed by atoms with Gasteiger partial charge in [-0.25, -0.2) is 59.8 Å². The zero-order valence-corrected chi connectivity index (χ0v) is 75.9. The molecule has 0 radical (unpaired) electrons. The van der Waals surface area contributed by atoms with Gasteiger partial charge in [0, 0.05) is 118 Å². The van der Waals surface area contributed by atoms with Crippen LogP contribution in [0.2, 0.25) is 0 Å². The van der Waals surface area contributed by atoms with Crippen LogP contribution in [0.15, 0.2) is 456 Å². The Morgan fingerprint density at radius 3 is 0.732 bits per heavy atom. The number of para-hydroxylation sites is 3. The van der Waals surface area contributed by atoms with Gasteiger partial charge in [0.05, 0.1) is 50.7 Å². The molecule has 28 aromatic rings. The lowest BCUT2D eigenvalue weighted by molar-refractivity contribution is 1.04. The van der Waals surface area contributed by atoms with Crippen molar-refractivity contribution in [2.24, 2.45) is 0 Å². The Morgan fingerprint density at radius 2 is 0.380 bits per heavy atom. The molecule has 0 aliphatic rings. The molecule has 17 nitrogen and oxygen atoms in total. The van der Waals surface area contributed by atoms with E-state index in [1.807, 2.05) is 97.3 Å². The lowest BCUT2D eigenvalue weighted by Gasteiger charge is -2.13. The highest BCUT2D eigenvalue weighted by atomic mass is 15.1. The lowest BCUT2D eigenvalue weighted by Crippen LogP contribution is -2.02. The summed E-state index contributed by atoms with van der Waals surface area (Å²) in [5.41, 5.74) is 15.0. The summed E-state index contributed by atoms with van der Waals surface area (Å²) in [7, 11) is 0. The second kappa shape index (κ2) is 35.6. The Morgan fingerprint density at radius 1 is 0.127 bits per heavy atom. The molecule has 0 saturated heterocycles. The summed E-state index contributed by atoms with van der Waals surface area (Å²) in [4.78, 5) is 84.0. The standard InChI is InChI=1S/2C45H27N5.C35H21N7/c1-4-16-32-28(11-1)14-9-20-35(32)44-48-43(49-45(50-44)36-21-10-15-29-12-2-5-17-33(29)36)31-25-26-46-40(27-31)42-38-24-23-30-13-3-6-18-34(30)41(38)37-19-7-8-22-39(37)47-42;1-3-12-31-25-33(19-17-28(31)9-1)43-48-44(34-20-18-29-10-2-4-13-32(29)26-34)50-45(49-43)35-23-24-46-40(27-35)42-38-22-21-30-11-5-6-14-36(30)41(38)37-15-7-8-16-39(37)47-42;1-2-10-24-22(9-1)15-16-26-31(24)25-11-3-4-12-27(25)39-32(26)30-21-23(17-20-38-30)33-40-34(28-13-5-7-18-36-28)42-35(41-33)29-14-6-8-19-37-29/h2*1-27H;1-21H. The van der Waals surface area contributed by atoms with Crippen molar-refractivity contribution in [3.05, 3.63) is 456 Å². The third-order valence-electron chi connectivity index (χ3n) is 26.3. The molecule has 11 aromatic heterocycles. The minimum absolute atomic E-state index is 0.473.